The lowest BCUT2D eigenvalue weighted by Crippen LogP contribution is -2.30. The van der Waals surface area contributed by atoms with E-state index in [1.54, 1.807) is 36.4 Å². The van der Waals surface area contributed by atoms with Gasteiger partial charge in [-0.05, 0) is 42.0 Å². The summed E-state index contributed by atoms with van der Waals surface area (Å²) >= 11 is 0. The molecule has 0 saturated carbocycles. The third-order valence-corrected chi connectivity index (χ3v) is 4.86. The van der Waals surface area contributed by atoms with Gasteiger partial charge in [0.05, 0.1) is 18.0 Å². The molecule has 0 heterocycles. The first-order valence-corrected chi connectivity index (χ1v) is 11.0. The number of nitrogens with one attached hydrogen (secondary N) is 2. The van der Waals surface area contributed by atoms with Gasteiger partial charge in [-0.2, -0.15) is 0 Å². The predicted octanol–water partition coefficient (Wildman–Crippen LogP) is 4.24. The van der Waals surface area contributed by atoms with E-state index >= 15 is 0 Å². The molecule has 1 amide bonds. The first-order chi connectivity index (χ1) is 14.3. The van der Waals surface area contributed by atoms with Gasteiger partial charge in [0.25, 0.3) is 0 Å². The molecule has 8 heteroatoms. The number of hydrogen-bond donors (Lipinski definition) is 2. The first-order valence-electron chi connectivity index (χ1n) is 9.15. The van der Waals surface area contributed by atoms with Gasteiger partial charge in [0.2, 0.25) is 15.9 Å². The molecule has 156 valence electrons. The van der Waals surface area contributed by atoms with Crippen LogP contribution in [0.3, 0.4) is 0 Å². The summed E-state index contributed by atoms with van der Waals surface area (Å²) in [5, 5.41) is 2.76. The van der Waals surface area contributed by atoms with Gasteiger partial charge in [-0.1, -0.05) is 42.5 Å². The van der Waals surface area contributed by atoms with E-state index in [1.807, 2.05) is 18.2 Å². The maximum absolute atomic E-state index is 13.2. The van der Waals surface area contributed by atoms with Crippen LogP contribution < -0.4 is 14.8 Å². The van der Waals surface area contributed by atoms with E-state index < -0.39 is 27.8 Å². The van der Waals surface area contributed by atoms with Crippen molar-refractivity contribution >= 4 is 21.6 Å². The topological polar surface area (TPSA) is 84.5 Å². The first kappa shape index (κ1) is 21.5. The number of benzene rings is 3. The molecule has 30 heavy (non-hydrogen) atoms. The number of anilines is 1. The van der Waals surface area contributed by atoms with Crippen molar-refractivity contribution in [3.63, 3.8) is 0 Å². The smallest absolute Gasteiger partial charge is 0.226 e. The summed E-state index contributed by atoms with van der Waals surface area (Å²) in [5.74, 6) is 0.187. The standard InChI is InChI=1S/C22H21FN2O4S/c1-30(27,28)25-20(16-11-13-17(23)14-12-16)15-22(26)24-19-9-5-6-10-21(19)29-18-7-3-2-4-8-18/h2-14,20,25H,15H2,1H3,(H,24,26)/t20-/m0/s1. The van der Waals surface area contributed by atoms with Crippen LogP contribution in [0.1, 0.15) is 18.0 Å². The van der Waals surface area contributed by atoms with Crippen molar-refractivity contribution in [2.45, 2.75) is 12.5 Å². The van der Waals surface area contributed by atoms with Gasteiger partial charge in [0.1, 0.15) is 11.6 Å². The van der Waals surface area contributed by atoms with Crippen molar-refractivity contribution < 1.29 is 22.3 Å². The van der Waals surface area contributed by atoms with E-state index in [9.17, 15) is 17.6 Å². The van der Waals surface area contributed by atoms with Crippen LogP contribution in [-0.4, -0.2) is 20.6 Å². The normalized spacial score (nSPS) is 12.2. The molecule has 0 aliphatic carbocycles. The maximum atomic E-state index is 13.2. The largest absolute Gasteiger partial charge is 0.455 e. The zero-order chi connectivity index (χ0) is 21.6. The molecule has 6 nitrogen and oxygen atoms in total. The van der Waals surface area contributed by atoms with Gasteiger partial charge in [-0.15, -0.1) is 0 Å². The van der Waals surface area contributed by atoms with Crippen LogP contribution in [0.25, 0.3) is 0 Å². The third kappa shape index (κ3) is 6.40. The molecule has 3 aromatic rings. The Kier molecular flexibility index (Phi) is 6.81. The summed E-state index contributed by atoms with van der Waals surface area (Å²) in [6.07, 6.45) is 0.822. The monoisotopic (exact) mass is 428 g/mol. The lowest BCUT2D eigenvalue weighted by molar-refractivity contribution is -0.116. The molecule has 0 spiro atoms. The highest BCUT2D eigenvalue weighted by Crippen LogP contribution is 2.29. The van der Waals surface area contributed by atoms with Crippen molar-refractivity contribution in [2.24, 2.45) is 0 Å². The van der Waals surface area contributed by atoms with Crippen LogP contribution >= 0.6 is 0 Å². The van der Waals surface area contributed by atoms with Gasteiger partial charge < -0.3 is 10.1 Å². The minimum Gasteiger partial charge on any atom is -0.455 e. The van der Waals surface area contributed by atoms with Gasteiger partial charge >= 0.3 is 0 Å². The van der Waals surface area contributed by atoms with Crippen LogP contribution in [0.4, 0.5) is 10.1 Å². The predicted molar refractivity (Wildman–Crippen MR) is 113 cm³/mol. The van der Waals surface area contributed by atoms with Gasteiger partial charge in [-0.25, -0.2) is 17.5 Å². The van der Waals surface area contributed by atoms with Crippen molar-refractivity contribution in [3.8, 4) is 11.5 Å². The fourth-order valence-electron chi connectivity index (χ4n) is 2.84. The van der Waals surface area contributed by atoms with Crippen molar-refractivity contribution in [2.75, 3.05) is 11.6 Å². The molecular formula is C22H21FN2O4S. The Morgan fingerprint density at radius 3 is 2.27 bits per heavy atom. The molecule has 0 aliphatic heterocycles. The molecule has 1 atom stereocenters. The number of ether oxygens (including phenoxy) is 1. The van der Waals surface area contributed by atoms with Gasteiger partial charge in [-0.3, -0.25) is 4.79 Å². The second-order valence-corrected chi connectivity index (χ2v) is 8.44. The SMILES string of the molecule is CS(=O)(=O)N[C@@H](CC(=O)Nc1ccccc1Oc1ccccc1)c1ccc(F)cc1. The molecule has 0 unspecified atom stereocenters. The van der Waals surface area contributed by atoms with E-state index in [2.05, 4.69) is 10.0 Å². The van der Waals surface area contributed by atoms with Crippen molar-refractivity contribution in [1.29, 1.82) is 0 Å². The quantitative estimate of drug-likeness (QED) is 0.562. The lowest BCUT2D eigenvalue weighted by Gasteiger charge is -2.18. The third-order valence-electron chi connectivity index (χ3n) is 4.15. The number of sulfonamides is 1. The molecular weight excluding hydrogens is 407 g/mol. The minimum absolute atomic E-state index is 0.182. The Balaban J connectivity index is 1.76. The van der Waals surface area contributed by atoms with Gasteiger partial charge in [0, 0.05) is 6.42 Å². The number of rotatable bonds is 8. The summed E-state index contributed by atoms with van der Waals surface area (Å²) in [6, 6.07) is 20.5. The average molecular weight is 428 g/mol. The Morgan fingerprint density at radius 1 is 0.967 bits per heavy atom. The van der Waals surface area contributed by atoms with Crippen LogP contribution in [0.2, 0.25) is 0 Å². The Morgan fingerprint density at radius 2 is 1.60 bits per heavy atom. The highest BCUT2D eigenvalue weighted by Gasteiger charge is 2.21. The van der Waals surface area contributed by atoms with Crippen LogP contribution in [-0.2, 0) is 14.8 Å². The Labute approximate surface area is 174 Å². The molecule has 0 aromatic heterocycles. The van der Waals surface area contributed by atoms with Crippen LogP contribution in [0.5, 0.6) is 11.5 Å². The van der Waals surface area contributed by atoms with Gasteiger partial charge in [0.15, 0.2) is 5.75 Å². The second kappa shape index (κ2) is 9.51. The number of halogens is 1. The number of hydrogen-bond acceptors (Lipinski definition) is 4. The summed E-state index contributed by atoms with van der Waals surface area (Å²) in [6.45, 7) is 0. The molecule has 3 rings (SSSR count). The number of carbonyl (C=O) groups is 1. The molecule has 3 aromatic carbocycles. The van der Waals surface area contributed by atoms with E-state index in [1.165, 1.54) is 24.3 Å². The van der Waals surface area contributed by atoms with E-state index in [4.69, 9.17) is 4.74 Å². The number of para-hydroxylation sites is 3. The second-order valence-electron chi connectivity index (χ2n) is 6.66. The molecule has 0 aliphatic rings. The van der Waals surface area contributed by atoms with Crippen LogP contribution in [0.15, 0.2) is 78.9 Å². The van der Waals surface area contributed by atoms with E-state index in [-0.39, 0.29) is 6.42 Å². The van der Waals surface area contributed by atoms with Crippen molar-refractivity contribution in [3.05, 3.63) is 90.2 Å². The average Bonchev–Trinajstić information content (AvgIpc) is 2.69. The number of carbonyl (C=O) groups excluding carboxylic acids is 1. The molecule has 0 fully saturated rings. The summed E-state index contributed by atoms with van der Waals surface area (Å²) in [4.78, 5) is 12.7. The van der Waals surface area contributed by atoms with E-state index in [0.717, 1.165) is 6.26 Å². The summed E-state index contributed by atoms with van der Waals surface area (Å²) in [5.41, 5.74) is 0.925. The number of amides is 1. The van der Waals surface area contributed by atoms with Crippen molar-refractivity contribution in [1.82, 2.24) is 4.72 Å². The fourth-order valence-corrected chi connectivity index (χ4v) is 3.58. The summed E-state index contributed by atoms with van der Waals surface area (Å²) < 4.78 is 45.0. The maximum Gasteiger partial charge on any atom is 0.226 e. The minimum atomic E-state index is -3.60. The van der Waals surface area contributed by atoms with E-state index in [0.29, 0.717) is 22.7 Å². The summed E-state index contributed by atoms with van der Waals surface area (Å²) in [7, 11) is -3.60. The molecule has 0 saturated heterocycles. The zero-order valence-corrected chi connectivity index (χ0v) is 17.0. The highest BCUT2D eigenvalue weighted by molar-refractivity contribution is 7.88. The fraction of sp³-hybridized carbons (Fsp3) is 0.136. The molecule has 0 radical (unpaired) electrons. The Bertz CT molecular complexity index is 1100. The lowest BCUT2D eigenvalue weighted by atomic mass is 10.0. The zero-order valence-electron chi connectivity index (χ0n) is 16.2. The molecule has 0 bridgehead atoms. The van der Waals surface area contributed by atoms with Crippen LogP contribution in [0, 0.1) is 5.82 Å². The Hall–Kier alpha value is -3.23. The highest BCUT2D eigenvalue weighted by atomic mass is 32.2. The molecule has 2 N–H and O–H groups in total.